The van der Waals surface area contributed by atoms with Gasteiger partial charge in [-0.1, -0.05) is 17.7 Å². The maximum atomic E-state index is 12.7. The van der Waals surface area contributed by atoms with E-state index in [0.717, 1.165) is 29.7 Å². The molecule has 0 saturated heterocycles. The summed E-state index contributed by atoms with van der Waals surface area (Å²) in [4.78, 5) is 26.6. The van der Waals surface area contributed by atoms with Crippen molar-refractivity contribution in [1.29, 1.82) is 0 Å². The molecule has 0 atom stereocenters. The molecule has 4 rings (SSSR count). The lowest BCUT2D eigenvalue weighted by Crippen LogP contribution is -2.35. The highest BCUT2D eigenvalue weighted by molar-refractivity contribution is 6.05. The standard InChI is InChI=1S/C23H22N2O4/c1-16-6-9-19(10-7-16)29-15-22(26)24-18-8-11-20-17(14-18)4-2-12-25(20)23(27)21-5-3-13-28-21/h3,5-11,13-14H,2,4,12,15H2,1H3,(H,24,26). The van der Waals surface area contributed by atoms with Crippen LogP contribution in [0.15, 0.2) is 65.3 Å². The molecule has 0 spiro atoms. The van der Waals surface area contributed by atoms with Crippen molar-refractivity contribution in [2.75, 3.05) is 23.4 Å². The van der Waals surface area contributed by atoms with Crippen LogP contribution in [0.3, 0.4) is 0 Å². The Bertz CT molecular complexity index is 1010. The highest BCUT2D eigenvalue weighted by Gasteiger charge is 2.25. The van der Waals surface area contributed by atoms with Gasteiger partial charge in [-0.2, -0.15) is 0 Å². The van der Waals surface area contributed by atoms with Crippen molar-refractivity contribution >= 4 is 23.2 Å². The van der Waals surface area contributed by atoms with Crippen LogP contribution in [0.5, 0.6) is 5.75 Å². The number of carbonyl (C=O) groups excluding carboxylic acids is 2. The minimum Gasteiger partial charge on any atom is -0.484 e. The van der Waals surface area contributed by atoms with Gasteiger partial charge < -0.3 is 19.4 Å². The molecule has 1 N–H and O–H groups in total. The lowest BCUT2D eigenvalue weighted by atomic mass is 10.0. The molecule has 0 radical (unpaired) electrons. The Hall–Kier alpha value is -3.54. The average Bonchev–Trinajstić information content (AvgIpc) is 3.27. The number of amides is 2. The zero-order valence-corrected chi connectivity index (χ0v) is 16.2. The van der Waals surface area contributed by atoms with Crippen molar-refractivity contribution in [2.24, 2.45) is 0 Å². The van der Waals surface area contributed by atoms with Crippen LogP contribution >= 0.6 is 0 Å². The van der Waals surface area contributed by atoms with E-state index in [2.05, 4.69) is 5.32 Å². The highest BCUT2D eigenvalue weighted by Crippen LogP contribution is 2.31. The number of nitrogens with one attached hydrogen (secondary N) is 1. The van der Waals surface area contributed by atoms with Crippen LogP contribution in [0.25, 0.3) is 0 Å². The van der Waals surface area contributed by atoms with Crippen LogP contribution in [-0.2, 0) is 11.2 Å². The van der Waals surface area contributed by atoms with Crippen molar-refractivity contribution in [1.82, 2.24) is 0 Å². The van der Waals surface area contributed by atoms with Crippen LogP contribution in [0.4, 0.5) is 11.4 Å². The van der Waals surface area contributed by atoms with E-state index in [1.54, 1.807) is 23.1 Å². The summed E-state index contributed by atoms with van der Waals surface area (Å²) in [6.07, 6.45) is 3.20. The molecular weight excluding hydrogens is 368 g/mol. The molecule has 29 heavy (non-hydrogen) atoms. The Morgan fingerprint density at radius 3 is 2.72 bits per heavy atom. The Morgan fingerprint density at radius 2 is 1.97 bits per heavy atom. The van der Waals surface area contributed by atoms with Crippen LogP contribution < -0.4 is 15.0 Å². The number of fused-ring (bicyclic) bond motifs is 1. The smallest absolute Gasteiger partial charge is 0.293 e. The van der Waals surface area contributed by atoms with Crippen LogP contribution in [0.2, 0.25) is 0 Å². The first-order chi connectivity index (χ1) is 14.1. The molecule has 1 aliphatic heterocycles. The van der Waals surface area contributed by atoms with E-state index < -0.39 is 0 Å². The summed E-state index contributed by atoms with van der Waals surface area (Å²) in [6.45, 7) is 2.57. The number of hydrogen-bond donors (Lipinski definition) is 1. The minimum absolute atomic E-state index is 0.0662. The molecule has 0 bridgehead atoms. The topological polar surface area (TPSA) is 71.8 Å². The van der Waals surface area contributed by atoms with Crippen LogP contribution in [-0.4, -0.2) is 25.0 Å². The molecule has 0 saturated carbocycles. The second-order valence-electron chi connectivity index (χ2n) is 7.03. The third-order valence-corrected chi connectivity index (χ3v) is 4.85. The van der Waals surface area contributed by atoms with E-state index in [4.69, 9.17) is 9.15 Å². The largest absolute Gasteiger partial charge is 0.484 e. The SMILES string of the molecule is Cc1ccc(OCC(=O)Nc2ccc3c(c2)CCCN3C(=O)c2ccco2)cc1. The Balaban J connectivity index is 1.41. The molecule has 1 aliphatic rings. The molecular formula is C23H22N2O4. The quantitative estimate of drug-likeness (QED) is 0.709. The zero-order chi connectivity index (χ0) is 20.2. The third-order valence-electron chi connectivity index (χ3n) is 4.85. The second-order valence-corrected chi connectivity index (χ2v) is 7.03. The molecule has 148 valence electrons. The highest BCUT2D eigenvalue weighted by atomic mass is 16.5. The summed E-state index contributed by atoms with van der Waals surface area (Å²) >= 11 is 0. The van der Waals surface area contributed by atoms with E-state index in [1.165, 1.54) is 6.26 Å². The van der Waals surface area contributed by atoms with Gasteiger partial charge in [-0.25, -0.2) is 0 Å². The summed E-state index contributed by atoms with van der Waals surface area (Å²) in [5, 5.41) is 2.86. The normalized spacial score (nSPS) is 12.9. The lowest BCUT2D eigenvalue weighted by molar-refractivity contribution is -0.118. The molecule has 0 fully saturated rings. The van der Waals surface area contributed by atoms with Gasteiger partial charge in [0.25, 0.3) is 11.8 Å². The monoisotopic (exact) mass is 390 g/mol. The van der Waals surface area contributed by atoms with E-state index >= 15 is 0 Å². The lowest BCUT2D eigenvalue weighted by Gasteiger charge is -2.29. The molecule has 0 aliphatic carbocycles. The van der Waals surface area contributed by atoms with Crippen LogP contribution in [0, 0.1) is 6.92 Å². The first-order valence-electron chi connectivity index (χ1n) is 9.58. The van der Waals surface area contributed by atoms with Crippen molar-refractivity contribution in [3.05, 3.63) is 77.7 Å². The molecule has 2 amide bonds. The summed E-state index contributed by atoms with van der Waals surface area (Å²) in [5.41, 5.74) is 3.70. The Morgan fingerprint density at radius 1 is 1.14 bits per heavy atom. The van der Waals surface area contributed by atoms with Gasteiger partial charge >= 0.3 is 0 Å². The maximum absolute atomic E-state index is 12.7. The predicted molar refractivity (Wildman–Crippen MR) is 110 cm³/mol. The van der Waals surface area contributed by atoms with Gasteiger partial charge in [0.1, 0.15) is 5.75 Å². The van der Waals surface area contributed by atoms with E-state index in [1.807, 2.05) is 43.3 Å². The second kappa shape index (κ2) is 8.22. The number of aryl methyl sites for hydroxylation is 2. The van der Waals surface area contributed by atoms with E-state index in [0.29, 0.717) is 23.7 Å². The van der Waals surface area contributed by atoms with Gasteiger partial charge in [0.15, 0.2) is 12.4 Å². The van der Waals surface area contributed by atoms with Crippen molar-refractivity contribution < 1.29 is 18.7 Å². The molecule has 2 aromatic carbocycles. The minimum atomic E-state index is -0.232. The van der Waals surface area contributed by atoms with E-state index in [9.17, 15) is 9.59 Å². The van der Waals surface area contributed by atoms with Gasteiger partial charge in [0.05, 0.1) is 6.26 Å². The van der Waals surface area contributed by atoms with Gasteiger partial charge in [-0.15, -0.1) is 0 Å². The number of nitrogens with zero attached hydrogens (tertiary/aromatic N) is 1. The van der Waals surface area contributed by atoms with Crippen molar-refractivity contribution in [3.8, 4) is 5.75 Å². The average molecular weight is 390 g/mol. The fourth-order valence-electron chi connectivity index (χ4n) is 3.40. The summed E-state index contributed by atoms with van der Waals surface area (Å²) in [6, 6.07) is 16.5. The first kappa shape index (κ1) is 18.8. The number of anilines is 2. The Kier molecular flexibility index (Phi) is 5.33. The number of furan rings is 1. The van der Waals surface area contributed by atoms with Gasteiger partial charge in [-0.3, -0.25) is 9.59 Å². The zero-order valence-electron chi connectivity index (χ0n) is 16.2. The molecule has 3 aromatic rings. The third kappa shape index (κ3) is 4.32. The van der Waals surface area contributed by atoms with Gasteiger partial charge in [0, 0.05) is 17.9 Å². The van der Waals surface area contributed by atoms with Crippen molar-refractivity contribution in [3.63, 3.8) is 0 Å². The van der Waals surface area contributed by atoms with E-state index in [-0.39, 0.29) is 18.4 Å². The summed E-state index contributed by atoms with van der Waals surface area (Å²) in [5.74, 6) is 0.593. The first-order valence-corrected chi connectivity index (χ1v) is 9.58. The molecule has 6 heteroatoms. The predicted octanol–water partition coefficient (Wildman–Crippen LogP) is 4.20. The Labute approximate surface area is 169 Å². The maximum Gasteiger partial charge on any atom is 0.293 e. The number of rotatable bonds is 5. The van der Waals surface area contributed by atoms with Crippen molar-refractivity contribution in [2.45, 2.75) is 19.8 Å². The van der Waals surface area contributed by atoms with Gasteiger partial charge in [-0.05, 0) is 67.8 Å². The van der Waals surface area contributed by atoms with Crippen LogP contribution in [0.1, 0.15) is 28.1 Å². The fraction of sp³-hybridized carbons (Fsp3) is 0.217. The number of benzene rings is 2. The fourth-order valence-corrected chi connectivity index (χ4v) is 3.40. The molecule has 1 aromatic heterocycles. The molecule has 2 heterocycles. The number of hydrogen-bond acceptors (Lipinski definition) is 4. The molecule has 6 nitrogen and oxygen atoms in total. The molecule has 0 unspecified atom stereocenters. The number of carbonyl (C=O) groups is 2. The van der Waals surface area contributed by atoms with Gasteiger partial charge in [0.2, 0.25) is 0 Å². The summed E-state index contributed by atoms with van der Waals surface area (Å²) < 4.78 is 10.8. The summed E-state index contributed by atoms with van der Waals surface area (Å²) in [7, 11) is 0. The number of ether oxygens (including phenoxy) is 1.